The molecule has 1 amide bonds. The molecule has 2 aliphatic heterocycles. The number of carboxylic acids is 1. The monoisotopic (exact) mass is 720 g/mol. The normalized spacial score (nSPS) is 18.8. The van der Waals surface area contributed by atoms with Crippen LogP contribution in [0.1, 0.15) is 56.9 Å². The first-order valence-corrected chi connectivity index (χ1v) is 15.4. The van der Waals surface area contributed by atoms with Crippen molar-refractivity contribution in [2.75, 3.05) is 18.0 Å². The molecule has 0 spiro atoms. The van der Waals surface area contributed by atoms with Crippen LogP contribution in [0.4, 0.5) is 45.9 Å². The number of anilines is 1. The first-order chi connectivity index (χ1) is 23.7. The van der Waals surface area contributed by atoms with Crippen molar-refractivity contribution in [3.8, 4) is 22.3 Å². The van der Waals surface area contributed by atoms with Gasteiger partial charge < -0.3 is 14.7 Å². The van der Waals surface area contributed by atoms with E-state index in [0.717, 1.165) is 4.90 Å². The average molecular weight is 721 g/mol. The second-order valence-corrected chi connectivity index (χ2v) is 12.6. The summed E-state index contributed by atoms with van der Waals surface area (Å²) in [5.41, 5.74) is 0.305. The summed E-state index contributed by atoms with van der Waals surface area (Å²) in [4.78, 5) is 35.8. The van der Waals surface area contributed by atoms with Gasteiger partial charge in [0.05, 0.1) is 48.1 Å². The Kier molecular flexibility index (Phi) is 8.71. The molecular formula is C35H28F8N4O4. The first kappa shape index (κ1) is 35.5. The van der Waals surface area contributed by atoms with Crippen molar-refractivity contribution in [3.05, 3.63) is 99.9 Å². The molecule has 51 heavy (non-hydrogen) atoms. The highest BCUT2D eigenvalue weighted by Gasteiger charge is 2.46. The first-order valence-electron chi connectivity index (χ1n) is 15.4. The Morgan fingerprint density at radius 2 is 1.55 bits per heavy atom. The molecule has 2 fully saturated rings. The van der Waals surface area contributed by atoms with E-state index in [9.17, 15) is 49.8 Å². The number of aryl methyl sites for hydroxylation is 2. The number of nitrogens with zero attached hydrogens (tertiary/aromatic N) is 4. The molecule has 1 aromatic heterocycles. The molecular weight excluding hydrogens is 692 g/mol. The second kappa shape index (κ2) is 12.5. The van der Waals surface area contributed by atoms with Crippen LogP contribution in [-0.2, 0) is 23.6 Å². The van der Waals surface area contributed by atoms with Crippen LogP contribution in [0.25, 0.3) is 22.3 Å². The molecule has 2 saturated heterocycles. The number of cyclic esters (lactones) is 1. The van der Waals surface area contributed by atoms with E-state index < -0.39 is 72.3 Å². The Labute approximate surface area is 285 Å². The quantitative estimate of drug-likeness (QED) is 0.191. The van der Waals surface area contributed by atoms with Gasteiger partial charge in [0.15, 0.2) is 0 Å². The number of benzene rings is 3. The number of amides is 1. The van der Waals surface area contributed by atoms with E-state index in [-0.39, 0.29) is 29.8 Å². The summed E-state index contributed by atoms with van der Waals surface area (Å²) < 4.78 is 115. The van der Waals surface area contributed by atoms with Gasteiger partial charge in [0, 0.05) is 11.8 Å². The van der Waals surface area contributed by atoms with Gasteiger partial charge in [0.2, 0.25) is 5.95 Å². The maximum atomic E-state index is 13.8. The predicted octanol–water partition coefficient (Wildman–Crippen LogP) is 8.70. The zero-order chi connectivity index (χ0) is 37.2. The van der Waals surface area contributed by atoms with Gasteiger partial charge in [-0.25, -0.2) is 28.3 Å². The van der Waals surface area contributed by atoms with Crippen molar-refractivity contribution in [1.29, 1.82) is 0 Å². The van der Waals surface area contributed by atoms with Crippen LogP contribution >= 0.6 is 0 Å². The predicted molar refractivity (Wildman–Crippen MR) is 167 cm³/mol. The molecule has 0 aliphatic carbocycles. The number of hydrogen-bond acceptors (Lipinski definition) is 6. The summed E-state index contributed by atoms with van der Waals surface area (Å²) in [7, 11) is 0. The third kappa shape index (κ3) is 7.03. The maximum Gasteiger partial charge on any atom is 0.416 e. The summed E-state index contributed by atoms with van der Waals surface area (Å²) in [6.07, 6.45) is -11.4. The number of alkyl halides is 8. The molecule has 0 radical (unpaired) electrons. The lowest BCUT2D eigenvalue weighted by atomic mass is 9.92. The van der Waals surface area contributed by atoms with Gasteiger partial charge >= 0.3 is 24.4 Å². The number of aromatic nitrogens is 2. The van der Waals surface area contributed by atoms with E-state index in [1.807, 2.05) is 6.07 Å². The topological polar surface area (TPSA) is 95.9 Å². The molecule has 0 unspecified atom stereocenters. The van der Waals surface area contributed by atoms with E-state index in [4.69, 9.17) is 4.74 Å². The molecule has 268 valence electrons. The fourth-order valence-electron chi connectivity index (χ4n) is 6.22. The largest absolute Gasteiger partial charge is 0.478 e. The van der Waals surface area contributed by atoms with Crippen molar-refractivity contribution in [2.24, 2.45) is 0 Å². The van der Waals surface area contributed by atoms with Crippen LogP contribution in [0.3, 0.4) is 0 Å². The fraction of sp³-hybridized carbons (Fsp3) is 0.314. The highest BCUT2D eigenvalue weighted by Crippen LogP contribution is 2.42. The molecule has 0 saturated carbocycles. The Hall–Kier alpha value is -5.28. The van der Waals surface area contributed by atoms with Gasteiger partial charge in [0.1, 0.15) is 6.10 Å². The van der Waals surface area contributed by atoms with Crippen molar-refractivity contribution in [1.82, 2.24) is 14.9 Å². The second-order valence-electron chi connectivity index (χ2n) is 12.6. The van der Waals surface area contributed by atoms with Crippen LogP contribution in [0.15, 0.2) is 60.8 Å². The van der Waals surface area contributed by atoms with Crippen molar-refractivity contribution in [3.63, 3.8) is 0 Å². The van der Waals surface area contributed by atoms with Gasteiger partial charge in [-0.2, -0.15) is 26.3 Å². The van der Waals surface area contributed by atoms with E-state index >= 15 is 0 Å². The minimum atomic E-state index is -5.12. The molecule has 8 nitrogen and oxygen atoms in total. The highest BCUT2D eigenvalue weighted by atomic mass is 19.4. The smallest absolute Gasteiger partial charge is 0.416 e. The number of halogens is 8. The number of ether oxygens (including phenoxy) is 1. The third-order valence-electron chi connectivity index (χ3n) is 8.94. The molecule has 6 rings (SSSR count). The summed E-state index contributed by atoms with van der Waals surface area (Å²) in [5, 5.41) is 9.38. The minimum Gasteiger partial charge on any atom is -0.478 e. The molecule has 3 aromatic carbocycles. The highest BCUT2D eigenvalue weighted by molar-refractivity contribution is 5.89. The molecule has 2 aliphatic rings. The zero-order valence-electron chi connectivity index (χ0n) is 27.0. The third-order valence-corrected chi connectivity index (χ3v) is 8.94. The molecule has 4 aromatic rings. The van der Waals surface area contributed by atoms with Crippen LogP contribution in [0.5, 0.6) is 0 Å². The molecule has 16 heteroatoms. The minimum absolute atomic E-state index is 0.0187. The van der Waals surface area contributed by atoms with E-state index in [0.29, 0.717) is 45.5 Å². The van der Waals surface area contributed by atoms with Crippen LogP contribution in [0.2, 0.25) is 0 Å². The SMILES string of the molecule is Cc1cc(C(=O)O)ccc1-c1ccc(C)c(-c2cnc(N3CC(F)(F)C3)nc2CN2C(=O)O[C@H](c3cc(C(F)(F)F)cc(C(F)(F)F)c3)[C@@H]2C)c1. The molecule has 3 heterocycles. The number of rotatable bonds is 7. The summed E-state index contributed by atoms with van der Waals surface area (Å²) >= 11 is 0. The lowest BCUT2D eigenvalue weighted by Crippen LogP contribution is -2.57. The van der Waals surface area contributed by atoms with Crippen LogP contribution in [-0.4, -0.2) is 57.1 Å². The summed E-state index contributed by atoms with van der Waals surface area (Å²) in [6.45, 7) is 3.23. The Balaban J connectivity index is 1.40. The molecule has 0 bridgehead atoms. The van der Waals surface area contributed by atoms with Gasteiger partial charge in [-0.15, -0.1) is 0 Å². The number of hydrogen-bond donors (Lipinski definition) is 1. The Morgan fingerprint density at radius 1 is 0.902 bits per heavy atom. The number of aromatic carboxylic acids is 1. The number of carboxylic acid groups (broad SMARTS) is 1. The van der Waals surface area contributed by atoms with Crippen LogP contribution < -0.4 is 4.90 Å². The van der Waals surface area contributed by atoms with Gasteiger partial charge in [-0.05, 0) is 90.6 Å². The summed E-state index contributed by atoms with van der Waals surface area (Å²) in [6, 6.07) is 9.91. The average Bonchev–Trinajstić information content (AvgIpc) is 3.31. The molecule has 2 atom stereocenters. The number of carbonyl (C=O) groups is 2. The molecule has 1 N–H and O–H groups in total. The van der Waals surface area contributed by atoms with E-state index in [1.165, 1.54) is 30.2 Å². The lowest BCUT2D eigenvalue weighted by molar-refractivity contribution is -0.143. The Bertz CT molecular complexity index is 2010. The summed E-state index contributed by atoms with van der Waals surface area (Å²) in [5.74, 6) is -4.14. The maximum absolute atomic E-state index is 13.8. The van der Waals surface area contributed by atoms with Crippen molar-refractivity contribution in [2.45, 2.75) is 57.7 Å². The van der Waals surface area contributed by atoms with Crippen molar-refractivity contribution >= 4 is 18.0 Å². The van der Waals surface area contributed by atoms with Gasteiger partial charge in [-0.1, -0.05) is 18.2 Å². The lowest BCUT2D eigenvalue weighted by Gasteiger charge is -2.38. The number of carbonyl (C=O) groups excluding carboxylic acids is 1. The Morgan fingerprint density at radius 3 is 2.12 bits per heavy atom. The fourth-order valence-corrected chi connectivity index (χ4v) is 6.22. The van der Waals surface area contributed by atoms with Crippen LogP contribution in [0, 0.1) is 13.8 Å². The van der Waals surface area contributed by atoms with Gasteiger partial charge in [0.25, 0.3) is 5.92 Å². The zero-order valence-corrected chi connectivity index (χ0v) is 27.0. The van der Waals surface area contributed by atoms with E-state index in [2.05, 4.69) is 9.97 Å². The van der Waals surface area contributed by atoms with Crippen molar-refractivity contribution < 1.29 is 54.6 Å². The van der Waals surface area contributed by atoms with E-state index in [1.54, 1.807) is 32.0 Å². The standard InChI is InChI=1S/C35H28F8N4O4/c1-17-4-5-20(25-7-6-21(30(48)49)8-18(25)2)11-26(17)27-13-44-31(46-15-33(36,37)16-46)45-28(27)14-47-19(3)29(51-32(47)50)22-9-23(34(38,39)40)12-24(10-22)35(41,42)43/h4-13,19,29H,14-16H2,1-3H3,(H,48,49)/t19-,29-/m0/s1. The van der Waals surface area contributed by atoms with Gasteiger partial charge in [-0.3, -0.25) is 4.90 Å².